The Bertz CT molecular complexity index is 2390. The second-order valence-corrected chi connectivity index (χ2v) is 19.6. The summed E-state index contributed by atoms with van der Waals surface area (Å²) in [5, 5.41) is 19.9. The summed E-state index contributed by atoms with van der Waals surface area (Å²) in [6.45, 7) is 12.3. The van der Waals surface area contributed by atoms with Gasteiger partial charge in [-0.3, -0.25) is 19.2 Å². The molecule has 4 atom stereocenters. The van der Waals surface area contributed by atoms with Crippen LogP contribution in [-0.4, -0.2) is 83.7 Å². The Labute approximate surface area is 409 Å². The van der Waals surface area contributed by atoms with Crippen molar-refractivity contribution in [1.29, 1.82) is 0 Å². The summed E-state index contributed by atoms with van der Waals surface area (Å²) >= 11 is 1.42. The number of fused-ring (bicyclic) bond motifs is 3. The van der Waals surface area contributed by atoms with E-state index in [9.17, 15) is 29.1 Å². The molecule has 12 nitrogen and oxygen atoms in total. The first kappa shape index (κ1) is 51.7. The Morgan fingerprint density at radius 1 is 0.667 bits per heavy atom. The van der Waals surface area contributed by atoms with Crippen LogP contribution in [0.3, 0.4) is 0 Å². The fraction of sp³-hybridized carbons (Fsp3) is 0.339. The molecule has 0 radical (unpaired) electrons. The van der Waals surface area contributed by atoms with Crippen molar-refractivity contribution >= 4 is 41.6 Å². The predicted octanol–water partition coefficient (Wildman–Crippen LogP) is 8.85. The van der Waals surface area contributed by atoms with E-state index in [-0.39, 0.29) is 43.6 Å². The third-order valence-electron chi connectivity index (χ3n) is 11.8. The molecule has 5 aromatic rings. The lowest BCUT2D eigenvalue weighted by Crippen LogP contribution is -2.58. The highest BCUT2D eigenvalue weighted by molar-refractivity contribution is 8.00. The summed E-state index contributed by atoms with van der Waals surface area (Å²) in [7, 11) is 0. The number of esters is 2. The van der Waals surface area contributed by atoms with E-state index in [1.54, 1.807) is 34.6 Å². The van der Waals surface area contributed by atoms with Crippen LogP contribution in [0.2, 0.25) is 0 Å². The third kappa shape index (κ3) is 13.5. The molecule has 0 fully saturated rings. The molecule has 362 valence electrons. The van der Waals surface area contributed by atoms with E-state index in [1.807, 2.05) is 140 Å². The summed E-state index contributed by atoms with van der Waals surface area (Å²) in [6.07, 6.45) is -1.65. The lowest BCUT2D eigenvalue weighted by molar-refractivity contribution is -0.155. The van der Waals surface area contributed by atoms with Crippen molar-refractivity contribution in [3.8, 4) is 11.1 Å². The second-order valence-electron chi connectivity index (χ2n) is 18.3. The van der Waals surface area contributed by atoms with E-state index in [0.29, 0.717) is 0 Å². The molecule has 0 saturated heterocycles. The number of aliphatic hydroxyl groups excluding tert-OH is 1. The SMILES string of the molecule is C=CCOC(=O)C[C@H](O)[C@H](NC(=O)[C@@H](CSC(c1ccccc1)(c1ccccc1)c1ccccc1)NC(=O)[C@@H](CCC(=O)OC(C)(C)C)NC(=O)OCC1c2ccccc2-c2ccccc21)C(C)C. The summed E-state index contributed by atoms with van der Waals surface area (Å²) in [5.74, 6) is -3.31. The number of rotatable bonds is 22. The Morgan fingerprint density at radius 2 is 1.16 bits per heavy atom. The van der Waals surface area contributed by atoms with Gasteiger partial charge in [0, 0.05) is 18.1 Å². The second kappa shape index (κ2) is 24.0. The van der Waals surface area contributed by atoms with Crippen LogP contribution in [0.4, 0.5) is 4.79 Å². The quantitative estimate of drug-likeness (QED) is 0.0228. The van der Waals surface area contributed by atoms with E-state index >= 15 is 0 Å². The van der Waals surface area contributed by atoms with Gasteiger partial charge < -0.3 is 35.3 Å². The Balaban J connectivity index is 1.32. The number of alkyl carbamates (subject to hydrolysis) is 1. The highest BCUT2D eigenvalue weighted by atomic mass is 32.2. The van der Waals surface area contributed by atoms with Gasteiger partial charge in [-0.2, -0.15) is 0 Å². The minimum Gasteiger partial charge on any atom is -0.461 e. The maximum atomic E-state index is 14.8. The van der Waals surface area contributed by atoms with Crippen LogP contribution in [0.5, 0.6) is 0 Å². The van der Waals surface area contributed by atoms with Gasteiger partial charge in [0.2, 0.25) is 11.8 Å². The third-order valence-corrected chi connectivity index (χ3v) is 13.5. The molecule has 0 bridgehead atoms. The lowest BCUT2D eigenvalue weighted by atomic mass is 9.84. The van der Waals surface area contributed by atoms with Crippen LogP contribution in [0.15, 0.2) is 152 Å². The van der Waals surface area contributed by atoms with Gasteiger partial charge in [0.15, 0.2) is 0 Å². The number of hydrogen-bond donors (Lipinski definition) is 4. The van der Waals surface area contributed by atoms with Gasteiger partial charge in [-0.15, -0.1) is 11.8 Å². The van der Waals surface area contributed by atoms with E-state index < -0.39 is 70.8 Å². The van der Waals surface area contributed by atoms with E-state index in [1.165, 1.54) is 17.8 Å². The topological polar surface area (TPSA) is 169 Å². The number of benzene rings is 5. The van der Waals surface area contributed by atoms with Crippen LogP contribution in [-0.2, 0) is 38.1 Å². The van der Waals surface area contributed by atoms with Crippen LogP contribution in [0.1, 0.15) is 87.6 Å². The predicted molar refractivity (Wildman–Crippen MR) is 269 cm³/mol. The zero-order valence-corrected chi connectivity index (χ0v) is 40.7. The molecule has 0 saturated carbocycles. The average Bonchev–Trinajstić information content (AvgIpc) is 3.66. The molecule has 1 aliphatic rings. The van der Waals surface area contributed by atoms with Crippen molar-refractivity contribution in [1.82, 2.24) is 16.0 Å². The molecular weight excluding hydrogens is 891 g/mol. The van der Waals surface area contributed by atoms with Gasteiger partial charge in [-0.05, 0) is 72.1 Å². The summed E-state index contributed by atoms with van der Waals surface area (Å²) < 4.78 is 15.7. The van der Waals surface area contributed by atoms with Gasteiger partial charge in [-0.1, -0.05) is 166 Å². The largest absolute Gasteiger partial charge is 0.461 e. The summed E-state index contributed by atoms with van der Waals surface area (Å²) in [6, 6.07) is 41.8. The maximum absolute atomic E-state index is 14.8. The minimum absolute atomic E-state index is 0.0253. The molecule has 69 heavy (non-hydrogen) atoms. The molecule has 5 aromatic carbocycles. The number of ether oxygens (including phenoxy) is 3. The van der Waals surface area contributed by atoms with Gasteiger partial charge >= 0.3 is 18.0 Å². The number of hydrogen-bond acceptors (Lipinski definition) is 10. The molecule has 0 aromatic heterocycles. The molecule has 4 N–H and O–H groups in total. The monoisotopic (exact) mass is 953 g/mol. The Morgan fingerprint density at radius 3 is 1.65 bits per heavy atom. The Hall–Kier alpha value is -6.70. The van der Waals surface area contributed by atoms with Crippen LogP contribution >= 0.6 is 11.8 Å². The number of aliphatic hydroxyl groups is 1. The Kier molecular flexibility index (Phi) is 18.0. The van der Waals surface area contributed by atoms with Gasteiger partial charge in [-0.25, -0.2) is 4.79 Å². The minimum atomic E-state index is -1.36. The molecule has 3 amide bonds. The molecule has 1 aliphatic carbocycles. The van der Waals surface area contributed by atoms with Crippen molar-refractivity contribution in [3.63, 3.8) is 0 Å². The zero-order chi connectivity index (χ0) is 49.6. The summed E-state index contributed by atoms with van der Waals surface area (Å²) in [5.41, 5.74) is 6.05. The highest BCUT2D eigenvalue weighted by Gasteiger charge is 2.40. The molecule has 0 aliphatic heterocycles. The van der Waals surface area contributed by atoms with E-state index in [4.69, 9.17) is 14.2 Å². The number of carbonyl (C=O) groups excluding carboxylic acids is 5. The van der Waals surface area contributed by atoms with Crippen molar-refractivity contribution in [2.45, 2.75) is 94.4 Å². The first-order valence-corrected chi connectivity index (χ1v) is 24.3. The van der Waals surface area contributed by atoms with Gasteiger partial charge in [0.25, 0.3) is 0 Å². The molecule has 13 heteroatoms. The van der Waals surface area contributed by atoms with Crippen LogP contribution < -0.4 is 16.0 Å². The van der Waals surface area contributed by atoms with Crippen molar-refractivity contribution in [3.05, 3.63) is 180 Å². The maximum Gasteiger partial charge on any atom is 0.407 e. The van der Waals surface area contributed by atoms with E-state index in [0.717, 1.165) is 38.9 Å². The average molecular weight is 954 g/mol. The van der Waals surface area contributed by atoms with Gasteiger partial charge in [0.05, 0.1) is 23.3 Å². The standard InChI is InChI=1S/C56H63N3O9S/c1-7-33-66-50(62)34-48(60)51(37(2)3)59-53(64)47(36-69-56(38-21-11-8-12-22-38,39-23-13-9-14-24-39)40-25-15-10-16-26-40)57-52(63)46(31-32-49(61)68-55(4,5)6)58-54(65)67-35-45-43-29-19-17-27-41(43)42-28-18-20-30-44(42)45/h7-30,37,45-48,51,60H,1,31-36H2,2-6H3,(H,57,63)(H,58,65)(H,59,64)/t46-,47-,48+,51-/m1/s1. The molecule has 0 heterocycles. The normalized spacial score (nSPS) is 14.0. The smallest absolute Gasteiger partial charge is 0.407 e. The summed E-state index contributed by atoms with van der Waals surface area (Å²) in [4.78, 5) is 69.2. The van der Waals surface area contributed by atoms with Crippen LogP contribution in [0.25, 0.3) is 11.1 Å². The first-order chi connectivity index (χ1) is 33.1. The molecule has 6 rings (SSSR count). The van der Waals surface area contributed by atoms with Crippen LogP contribution in [0, 0.1) is 5.92 Å². The number of amides is 3. The fourth-order valence-corrected chi connectivity index (χ4v) is 10.2. The fourth-order valence-electron chi connectivity index (χ4n) is 8.62. The van der Waals surface area contributed by atoms with E-state index in [2.05, 4.69) is 22.5 Å². The lowest BCUT2D eigenvalue weighted by Gasteiger charge is -2.37. The molecular formula is C56H63N3O9S. The van der Waals surface area contributed by atoms with Crippen molar-refractivity contribution < 1.29 is 43.3 Å². The first-order valence-electron chi connectivity index (χ1n) is 23.3. The van der Waals surface area contributed by atoms with Crippen molar-refractivity contribution in [2.75, 3.05) is 19.0 Å². The number of thioether (sulfide) groups is 1. The zero-order valence-electron chi connectivity index (χ0n) is 39.9. The number of carbonyl (C=O) groups is 5. The number of nitrogens with one attached hydrogen (secondary N) is 3. The molecule has 0 spiro atoms. The highest BCUT2D eigenvalue weighted by Crippen LogP contribution is 2.49. The van der Waals surface area contributed by atoms with Crippen molar-refractivity contribution in [2.24, 2.45) is 5.92 Å². The molecule has 0 unspecified atom stereocenters. The van der Waals surface area contributed by atoms with Gasteiger partial charge in [0.1, 0.15) is 30.9 Å².